The van der Waals surface area contributed by atoms with E-state index in [1.165, 1.54) is 42.5 Å². The highest BCUT2D eigenvalue weighted by Crippen LogP contribution is 2.50. The molecule has 2 aliphatic rings. The summed E-state index contributed by atoms with van der Waals surface area (Å²) in [6, 6.07) is 7.61. The van der Waals surface area contributed by atoms with Crippen molar-refractivity contribution in [3.63, 3.8) is 0 Å². The molecule has 1 aromatic rings. The third kappa shape index (κ3) is 2.20. The quantitative estimate of drug-likeness (QED) is 0.820. The summed E-state index contributed by atoms with van der Waals surface area (Å²) in [4.78, 5) is 0. The maximum Gasteiger partial charge on any atom is 0.0345 e. The Labute approximate surface area is 105 Å². The van der Waals surface area contributed by atoms with Gasteiger partial charge in [0.1, 0.15) is 0 Å². The molecule has 3 rings (SSSR count). The molecule has 2 fully saturated rings. The largest absolute Gasteiger partial charge is 0.382 e. The number of hydrogen-bond donors (Lipinski definition) is 1. The van der Waals surface area contributed by atoms with Crippen LogP contribution in [0.3, 0.4) is 0 Å². The fourth-order valence-corrected chi connectivity index (χ4v) is 3.45. The average Bonchev–Trinajstić information content (AvgIpc) is 3.12. The second kappa shape index (κ2) is 4.36. The normalized spacial score (nSPS) is 30.8. The summed E-state index contributed by atoms with van der Waals surface area (Å²) in [5.41, 5.74) is 4.24. The Hall–Kier alpha value is -0.980. The molecule has 1 aromatic carbocycles. The third-order valence-corrected chi connectivity index (χ3v) is 4.67. The highest BCUT2D eigenvalue weighted by atomic mass is 14.9. The zero-order valence-corrected chi connectivity index (χ0v) is 11.0. The molecule has 0 saturated heterocycles. The predicted molar refractivity (Wildman–Crippen MR) is 73.4 cm³/mol. The van der Waals surface area contributed by atoms with Crippen molar-refractivity contribution < 1.29 is 0 Å². The van der Waals surface area contributed by atoms with Gasteiger partial charge in [0.2, 0.25) is 0 Å². The van der Waals surface area contributed by atoms with Crippen molar-refractivity contribution in [2.45, 2.75) is 52.0 Å². The van der Waals surface area contributed by atoms with E-state index < -0.39 is 0 Å². The first-order valence-corrected chi connectivity index (χ1v) is 7.14. The van der Waals surface area contributed by atoms with Crippen molar-refractivity contribution in [3.8, 4) is 0 Å². The van der Waals surface area contributed by atoms with Gasteiger partial charge < -0.3 is 5.32 Å². The van der Waals surface area contributed by atoms with Crippen molar-refractivity contribution >= 4 is 5.69 Å². The Morgan fingerprint density at radius 3 is 3.00 bits per heavy atom. The summed E-state index contributed by atoms with van der Waals surface area (Å²) in [7, 11) is 0. The van der Waals surface area contributed by atoms with Crippen LogP contribution in [0, 0.1) is 18.8 Å². The molecule has 0 amide bonds. The lowest BCUT2D eigenvalue weighted by molar-refractivity contribution is 0.440. The summed E-state index contributed by atoms with van der Waals surface area (Å²) in [5.74, 6) is 2.03. The van der Waals surface area contributed by atoms with Gasteiger partial charge >= 0.3 is 0 Å². The van der Waals surface area contributed by atoms with Gasteiger partial charge in [0.15, 0.2) is 0 Å². The van der Waals surface area contributed by atoms with Gasteiger partial charge in [-0.3, -0.25) is 0 Å². The molecule has 17 heavy (non-hydrogen) atoms. The number of hydrogen-bond acceptors (Lipinski definition) is 1. The van der Waals surface area contributed by atoms with Gasteiger partial charge in [0, 0.05) is 11.7 Å². The van der Waals surface area contributed by atoms with Crippen LogP contribution >= 0.6 is 0 Å². The lowest BCUT2D eigenvalue weighted by Gasteiger charge is -2.24. The van der Waals surface area contributed by atoms with Gasteiger partial charge in [0.05, 0.1) is 0 Å². The van der Waals surface area contributed by atoms with Crippen LogP contribution in [-0.2, 0) is 6.42 Å². The molecule has 0 aliphatic heterocycles. The van der Waals surface area contributed by atoms with E-state index in [4.69, 9.17) is 0 Å². The highest BCUT2D eigenvalue weighted by molar-refractivity contribution is 5.49. The van der Waals surface area contributed by atoms with E-state index >= 15 is 0 Å². The molecule has 92 valence electrons. The predicted octanol–water partition coefficient (Wildman–Crippen LogP) is 4.16. The topological polar surface area (TPSA) is 12.0 Å². The Bertz CT molecular complexity index is 410. The molecule has 0 bridgehead atoms. The average molecular weight is 229 g/mol. The minimum atomic E-state index is 0.751. The molecular weight excluding hydrogens is 206 g/mol. The van der Waals surface area contributed by atoms with Gasteiger partial charge in [-0.25, -0.2) is 0 Å². The Morgan fingerprint density at radius 2 is 2.18 bits per heavy atom. The molecule has 0 aromatic heterocycles. The molecule has 1 heteroatoms. The van der Waals surface area contributed by atoms with E-state index in [2.05, 4.69) is 37.4 Å². The standard InChI is InChI=1S/C16H23N/c1-3-12-9-14(8-7-11(12)2)17-16-6-4-5-13-10-15(13)16/h7-9,13,15-17H,3-6,10H2,1-2H3/t13-,15+,16?/m0/s1. The third-order valence-electron chi connectivity index (χ3n) is 4.67. The molecule has 0 radical (unpaired) electrons. The van der Waals surface area contributed by atoms with Gasteiger partial charge in [0.25, 0.3) is 0 Å². The lowest BCUT2D eigenvalue weighted by Crippen LogP contribution is -2.25. The van der Waals surface area contributed by atoms with Crippen LogP contribution in [-0.4, -0.2) is 6.04 Å². The number of benzene rings is 1. The summed E-state index contributed by atoms with van der Waals surface area (Å²) >= 11 is 0. The minimum absolute atomic E-state index is 0.751. The van der Waals surface area contributed by atoms with E-state index in [0.29, 0.717) is 0 Å². The molecule has 1 N–H and O–H groups in total. The molecule has 3 atom stereocenters. The van der Waals surface area contributed by atoms with Crippen LogP contribution in [0.15, 0.2) is 18.2 Å². The first kappa shape index (κ1) is 11.1. The molecule has 0 heterocycles. The SMILES string of the molecule is CCc1cc(NC2CCC[C@H]3C[C@@H]23)ccc1C. The zero-order valence-electron chi connectivity index (χ0n) is 11.0. The highest BCUT2D eigenvalue weighted by Gasteiger charge is 2.44. The van der Waals surface area contributed by atoms with Crippen LogP contribution in [0.2, 0.25) is 0 Å². The van der Waals surface area contributed by atoms with Crippen LogP contribution in [0.5, 0.6) is 0 Å². The molecule has 2 aliphatic carbocycles. The Kier molecular flexibility index (Phi) is 2.85. The molecule has 1 unspecified atom stereocenters. The van der Waals surface area contributed by atoms with E-state index in [0.717, 1.165) is 24.3 Å². The van der Waals surface area contributed by atoms with E-state index in [-0.39, 0.29) is 0 Å². The van der Waals surface area contributed by atoms with Crippen LogP contribution in [0.1, 0.15) is 43.7 Å². The number of anilines is 1. The Balaban J connectivity index is 1.72. The fraction of sp³-hybridized carbons (Fsp3) is 0.625. The van der Waals surface area contributed by atoms with Gasteiger partial charge in [-0.15, -0.1) is 0 Å². The van der Waals surface area contributed by atoms with Crippen molar-refractivity contribution in [3.05, 3.63) is 29.3 Å². The van der Waals surface area contributed by atoms with Crippen molar-refractivity contribution in [1.29, 1.82) is 0 Å². The van der Waals surface area contributed by atoms with E-state index in [1.54, 1.807) is 0 Å². The molecule has 1 nitrogen and oxygen atoms in total. The summed E-state index contributed by atoms with van der Waals surface area (Å²) in [5, 5.41) is 3.77. The summed E-state index contributed by atoms with van der Waals surface area (Å²) < 4.78 is 0. The van der Waals surface area contributed by atoms with Crippen LogP contribution in [0.4, 0.5) is 5.69 Å². The van der Waals surface area contributed by atoms with E-state index in [1.807, 2.05) is 0 Å². The number of aryl methyl sites for hydroxylation is 2. The van der Waals surface area contributed by atoms with Crippen LogP contribution < -0.4 is 5.32 Å². The van der Waals surface area contributed by atoms with Gasteiger partial charge in [-0.05, 0) is 61.3 Å². The molecule has 2 saturated carbocycles. The maximum atomic E-state index is 3.77. The summed E-state index contributed by atoms with van der Waals surface area (Å²) in [6.07, 6.45) is 6.89. The monoisotopic (exact) mass is 229 g/mol. The first-order valence-electron chi connectivity index (χ1n) is 7.14. The number of nitrogens with one attached hydrogen (secondary N) is 1. The fourth-order valence-electron chi connectivity index (χ4n) is 3.45. The smallest absolute Gasteiger partial charge is 0.0345 e. The molecular formula is C16H23N. The first-order chi connectivity index (χ1) is 8.28. The van der Waals surface area contributed by atoms with Crippen molar-refractivity contribution in [2.75, 3.05) is 5.32 Å². The van der Waals surface area contributed by atoms with Crippen molar-refractivity contribution in [1.82, 2.24) is 0 Å². The Morgan fingerprint density at radius 1 is 1.29 bits per heavy atom. The number of rotatable bonds is 3. The van der Waals surface area contributed by atoms with Gasteiger partial charge in [-0.2, -0.15) is 0 Å². The van der Waals surface area contributed by atoms with Crippen LogP contribution in [0.25, 0.3) is 0 Å². The zero-order chi connectivity index (χ0) is 11.8. The lowest BCUT2D eigenvalue weighted by atomic mass is 9.95. The second-order valence-electron chi connectivity index (χ2n) is 5.84. The second-order valence-corrected chi connectivity index (χ2v) is 5.84. The maximum absolute atomic E-state index is 3.77. The van der Waals surface area contributed by atoms with Gasteiger partial charge in [-0.1, -0.05) is 25.8 Å². The number of fused-ring (bicyclic) bond motifs is 1. The van der Waals surface area contributed by atoms with Crippen molar-refractivity contribution in [2.24, 2.45) is 11.8 Å². The van der Waals surface area contributed by atoms with E-state index in [9.17, 15) is 0 Å². The summed E-state index contributed by atoms with van der Waals surface area (Å²) in [6.45, 7) is 4.45. The molecule has 0 spiro atoms. The minimum Gasteiger partial charge on any atom is -0.382 e.